The smallest absolute Gasteiger partial charge is 0.183 e. The molecule has 3 rings (SSSR count). The molecular formula is C17H18ClN3O. The lowest BCUT2D eigenvalue weighted by atomic mass is 10.1. The van der Waals surface area contributed by atoms with E-state index in [0.29, 0.717) is 11.6 Å². The normalized spacial score (nSPS) is 13.9. The van der Waals surface area contributed by atoms with Crippen molar-refractivity contribution < 1.29 is 4.79 Å². The third-order valence-electron chi connectivity index (χ3n) is 3.92. The third-order valence-corrected chi connectivity index (χ3v) is 4.18. The van der Waals surface area contributed by atoms with E-state index in [1.54, 1.807) is 6.34 Å². The Bertz CT molecular complexity index is 731. The monoisotopic (exact) mass is 315 g/mol. The van der Waals surface area contributed by atoms with Crippen LogP contribution in [0.5, 0.6) is 0 Å². The maximum absolute atomic E-state index is 12.5. The summed E-state index contributed by atoms with van der Waals surface area (Å²) in [5.74, 6) is 0.127. The predicted molar refractivity (Wildman–Crippen MR) is 89.5 cm³/mol. The van der Waals surface area contributed by atoms with E-state index < -0.39 is 0 Å². The van der Waals surface area contributed by atoms with Crippen molar-refractivity contribution in [3.05, 3.63) is 52.3 Å². The molecule has 0 bridgehead atoms. The van der Waals surface area contributed by atoms with Gasteiger partial charge in [-0.3, -0.25) is 9.79 Å². The zero-order valence-corrected chi connectivity index (χ0v) is 13.5. The Labute approximate surface area is 135 Å². The Morgan fingerprint density at radius 2 is 2.00 bits per heavy atom. The second-order valence-corrected chi connectivity index (χ2v) is 5.95. The van der Waals surface area contributed by atoms with E-state index in [0.717, 1.165) is 35.7 Å². The SMILES string of the molecule is Cc1cc(C(=O)CN2C=NCC2)c(C)n1-c1ccc(Cl)cc1. The molecule has 0 saturated carbocycles. The van der Waals surface area contributed by atoms with Crippen LogP contribution in [0.2, 0.25) is 5.02 Å². The largest absolute Gasteiger partial charge is 0.353 e. The summed E-state index contributed by atoms with van der Waals surface area (Å²) in [5.41, 5.74) is 3.79. The number of nitrogens with zero attached hydrogens (tertiary/aromatic N) is 3. The predicted octanol–water partition coefficient (Wildman–Crippen LogP) is 3.27. The van der Waals surface area contributed by atoms with Crippen LogP contribution in [0, 0.1) is 13.8 Å². The molecule has 0 saturated heterocycles. The van der Waals surface area contributed by atoms with Crippen LogP contribution >= 0.6 is 11.6 Å². The van der Waals surface area contributed by atoms with Gasteiger partial charge in [0.1, 0.15) is 0 Å². The van der Waals surface area contributed by atoms with Crippen LogP contribution in [-0.2, 0) is 0 Å². The molecule has 22 heavy (non-hydrogen) atoms. The Balaban J connectivity index is 1.90. The van der Waals surface area contributed by atoms with Crippen molar-refractivity contribution >= 4 is 23.7 Å². The molecule has 0 spiro atoms. The maximum atomic E-state index is 12.5. The molecule has 2 aromatic rings. The van der Waals surface area contributed by atoms with Gasteiger partial charge < -0.3 is 9.47 Å². The van der Waals surface area contributed by atoms with Crippen LogP contribution < -0.4 is 0 Å². The molecule has 4 nitrogen and oxygen atoms in total. The first-order valence-electron chi connectivity index (χ1n) is 7.28. The van der Waals surface area contributed by atoms with Gasteiger partial charge in [-0.2, -0.15) is 0 Å². The summed E-state index contributed by atoms with van der Waals surface area (Å²) in [6, 6.07) is 9.60. The summed E-state index contributed by atoms with van der Waals surface area (Å²) in [4.78, 5) is 18.6. The van der Waals surface area contributed by atoms with Crippen LogP contribution in [-0.4, -0.2) is 41.2 Å². The second-order valence-electron chi connectivity index (χ2n) is 5.51. The van der Waals surface area contributed by atoms with Crippen molar-refractivity contribution in [3.8, 4) is 5.69 Å². The topological polar surface area (TPSA) is 37.6 Å². The first kappa shape index (κ1) is 14.9. The molecule has 1 aliphatic rings. The summed E-state index contributed by atoms with van der Waals surface area (Å²) < 4.78 is 2.08. The van der Waals surface area contributed by atoms with Crippen molar-refractivity contribution in [2.45, 2.75) is 13.8 Å². The highest BCUT2D eigenvalue weighted by Gasteiger charge is 2.19. The van der Waals surface area contributed by atoms with E-state index >= 15 is 0 Å². The highest BCUT2D eigenvalue weighted by molar-refractivity contribution is 6.30. The fourth-order valence-corrected chi connectivity index (χ4v) is 2.97. The van der Waals surface area contributed by atoms with Crippen molar-refractivity contribution in [1.82, 2.24) is 9.47 Å². The number of carbonyl (C=O) groups excluding carboxylic acids is 1. The highest BCUT2D eigenvalue weighted by Crippen LogP contribution is 2.22. The number of benzene rings is 1. The molecule has 0 aliphatic carbocycles. The molecule has 0 radical (unpaired) electrons. The molecule has 114 valence electrons. The average Bonchev–Trinajstić information content (AvgIpc) is 3.09. The van der Waals surface area contributed by atoms with Crippen LogP contribution in [0.4, 0.5) is 0 Å². The fourth-order valence-electron chi connectivity index (χ4n) is 2.84. The molecule has 0 atom stereocenters. The van der Waals surface area contributed by atoms with Gasteiger partial charge in [0, 0.05) is 34.2 Å². The zero-order valence-electron chi connectivity index (χ0n) is 12.7. The van der Waals surface area contributed by atoms with Crippen molar-refractivity contribution in [1.29, 1.82) is 0 Å². The van der Waals surface area contributed by atoms with Crippen molar-refractivity contribution in [3.63, 3.8) is 0 Å². The lowest BCUT2D eigenvalue weighted by Crippen LogP contribution is -2.27. The number of carbonyl (C=O) groups is 1. The molecule has 1 aliphatic heterocycles. The van der Waals surface area contributed by atoms with E-state index in [9.17, 15) is 4.79 Å². The Morgan fingerprint density at radius 3 is 2.64 bits per heavy atom. The summed E-state index contributed by atoms with van der Waals surface area (Å²) in [7, 11) is 0. The van der Waals surface area contributed by atoms with Gasteiger partial charge in [0.15, 0.2) is 5.78 Å². The average molecular weight is 316 g/mol. The van der Waals surface area contributed by atoms with E-state index in [-0.39, 0.29) is 5.78 Å². The standard InChI is InChI=1S/C17H18ClN3O/c1-12-9-16(17(22)10-20-8-7-19-11-20)13(2)21(12)15-5-3-14(18)4-6-15/h3-6,9,11H,7-8,10H2,1-2H3. The Hall–Kier alpha value is -2.07. The summed E-state index contributed by atoms with van der Waals surface area (Å²) in [6.07, 6.45) is 1.76. The molecule has 0 amide bonds. The highest BCUT2D eigenvalue weighted by atomic mass is 35.5. The molecule has 2 heterocycles. The van der Waals surface area contributed by atoms with Crippen LogP contribution in [0.1, 0.15) is 21.7 Å². The number of hydrogen-bond acceptors (Lipinski definition) is 3. The number of aliphatic imine (C=N–C) groups is 1. The van der Waals surface area contributed by atoms with E-state index in [2.05, 4.69) is 9.56 Å². The maximum Gasteiger partial charge on any atom is 0.183 e. The molecule has 0 N–H and O–H groups in total. The lowest BCUT2D eigenvalue weighted by Gasteiger charge is -2.13. The second kappa shape index (κ2) is 5.97. The number of rotatable bonds is 4. The van der Waals surface area contributed by atoms with Crippen LogP contribution in [0.3, 0.4) is 0 Å². The molecule has 5 heteroatoms. The van der Waals surface area contributed by atoms with Gasteiger partial charge in [0.05, 0.1) is 19.4 Å². The number of halogens is 1. The first-order valence-corrected chi connectivity index (χ1v) is 7.66. The minimum absolute atomic E-state index is 0.127. The van der Waals surface area contributed by atoms with Gasteiger partial charge in [-0.25, -0.2) is 0 Å². The summed E-state index contributed by atoms with van der Waals surface area (Å²) >= 11 is 5.95. The molecular weight excluding hydrogens is 298 g/mol. The Morgan fingerprint density at radius 1 is 1.27 bits per heavy atom. The molecule has 1 aromatic heterocycles. The number of ketones is 1. The van der Waals surface area contributed by atoms with Gasteiger partial charge in [-0.15, -0.1) is 0 Å². The van der Waals surface area contributed by atoms with E-state index in [1.165, 1.54) is 0 Å². The minimum atomic E-state index is 0.127. The number of aromatic nitrogens is 1. The zero-order chi connectivity index (χ0) is 15.7. The molecule has 0 fully saturated rings. The third kappa shape index (κ3) is 2.79. The summed E-state index contributed by atoms with van der Waals surface area (Å²) in [5, 5.41) is 0.704. The molecule has 1 aromatic carbocycles. The quantitative estimate of drug-likeness (QED) is 0.812. The van der Waals surface area contributed by atoms with Gasteiger partial charge >= 0.3 is 0 Å². The van der Waals surface area contributed by atoms with Gasteiger partial charge in [-0.05, 0) is 44.2 Å². The van der Waals surface area contributed by atoms with Crippen LogP contribution in [0.15, 0.2) is 35.3 Å². The number of hydrogen-bond donors (Lipinski definition) is 0. The van der Waals surface area contributed by atoms with Gasteiger partial charge in [0.25, 0.3) is 0 Å². The molecule has 0 unspecified atom stereocenters. The number of Topliss-reactive ketones (excluding diaryl/α,β-unsaturated/α-hetero) is 1. The van der Waals surface area contributed by atoms with E-state index in [1.807, 2.05) is 49.1 Å². The lowest BCUT2D eigenvalue weighted by molar-refractivity contribution is 0.0967. The van der Waals surface area contributed by atoms with Crippen molar-refractivity contribution in [2.75, 3.05) is 19.6 Å². The van der Waals surface area contributed by atoms with Gasteiger partial charge in [0.2, 0.25) is 0 Å². The van der Waals surface area contributed by atoms with Crippen molar-refractivity contribution in [2.24, 2.45) is 4.99 Å². The Kier molecular flexibility index (Phi) is 4.03. The van der Waals surface area contributed by atoms with E-state index in [4.69, 9.17) is 11.6 Å². The fraction of sp³-hybridized carbons (Fsp3) is 0.294. The minimum Gasteiger partial charge on any atom is -0.353 e. The first-order chi connectivity index (χ1) is 10.6. The number of aryl methyl sites for hydroxylation is 1. The van der Waals surface area contributed by atoms with Gasteiger partial charge in [-0.1, -0.05) is 11.6 Å². The summed E-state index contributed by atoms with van der Waals surface area (Å²) in [6.45, 7) is 5.97. The van der Waals surface area contributed by atoms with Crippen LogP contribution in [0.25, 0.3) is 5.69 Å².